The van der Waals surface area contributed by atoms with E-state index in [9.17, 15) is 18.0 Å². The highest BCUT2D eigenvalue weighted by atomic mass is 32.2. The van der Waals surface area contributed by atoms with E-state index in [0.29, 0.717) is 17.2 Å². The van der Waals surface area contributed by atoms with Gasteiger partial charge in [-0.15, -0.1) is 11.8 Å². The Hall–Kier alpha value is -2.74. The molecule has 1 unspecified atom stereocenters. The summed E-state index contributed by atoms with van der Waals surface area (Å²) in [5.41, 5.74) is 1.22. The topological polar surface area (TPSA) is 46.9 Å². The number of nitrogens with zero attached hydrogens (tertiary/aromatic N) is 2. The average molecular weight is 405 g/mol. The van der Waals surface area contributed by atoms with Crippen LogP contribution < -0.4 is 5.32 Å². The number of nitrogens with one attached hydrogen (secondary N) is 1. The van der Waals surface area contributed by atoms with Crippen molar-refractivity contribution in [2.24, 2.45) is 0 Å². The number of carbonyl (C=O) groups is 1. The molecule has 0 saturated heterocycles. The van der Waals surface area contributed by atoms with E-state index < -0.39 is 16.9 Å². The third kappa shape index (κ3) is 4.56. The third-order valence-electron chi connectivity index (χ3n) is 4.04. The van der Waals surface area contributed by atoms with Crippen LogP contribution in [-0.2, 0) is 4.79 Å². The molecule has 3 rings (SSSR count). The molecule has 0 aliphatic rings. The fourth-order valence-corrected chi connectivity index (χ4v) is 3.60. The Labute approximate surface area is 164 Å². The third-order valence-corrected chi connectivity index (χ3v) is 5.21. The van der Waals surface area contributed by atoms with Gasteiger partial charge in [-0.25, -0.2) is 17.9 Å². The van der Waals surface area contributed by atoms with Gasteiger partial charge in [0.2, 0.25) is 5.91 Å². The maximum absolute atomic E-state index is 13.9. The van der Waals surface area contributed by atoms with Crippen molar-refractivity contribution in [3.8, 4) is 5.69 Å². The molecule has 2 aromatic carbocycles. The molecule has 0 fully saturated rings. The Balaban J connectivity index is 1.68. The maximum Gasteiger partial charge on any atom is 0.235 e. The molecule has 0 spiro atoms. The second-order valence-corrected chi connectivity index (χ2v) is 7.53. The number of benzene rings is 2. The largest absolute Gasteiger partial charge is 0.310 e. The molecule has 0 aliphatic carbocycles. The molecular formula is C20H18F3N3OS. The van der Waals surface area contributed by atoms with Gasteiger partial charge in [-0.2, -0.15) is 5.10 Å². The van der Waals surface area contributed by atoms with E-state index in [-0.39, 0.29) is 23.0 Å². The van der Waals surface area contributed by atoms with E-state index in [0.717, 1.165) is 11.8 Å². The molecule has 8 heteroatoms. The van der Waals surface area contributed by atoms with Gasteiger partial charge in [-0.1, -0.05) is 6.07 Å². The van der Waals surface area contributed by atoms with E-state index in [1.807, 2.05) is 0 Å². The summed E-state index contributed by atoms with van der Waals surface area (Å²) in [6, 6.07) is 11.1. The summed E-state index contributed by atoms with van der Waals surface area (Å²) in [6.45, 7) is 3.42. The second-order valence-electron chi connectivity index (χ2n) is 6.20. The summed E-state index contributed by atoms with van der Waals surface area (Å²) >= 11 is 1.12. The molecule has 1 amide bonds. The number of thioether (sulfide) groups is 1. The maximum atomic E-state index is 13.9. The minimum atomic E-state index is -0.634. The zero-order chi connectivity index (χ0) is 20.3. The minimum Gasteiger partial charge on any atom is -0.310 e. The van der Waals surface area contributed by atoms with E-state index in [1.165, 1.54) is 35.0 Å². The number of carbonyl (C=O) groups excluding carboxylic acids is 1. The lowest BCUT2D eigenvalue weighted by Crippen LogP contribution is -2.17. The number of hydrogen-bond donors (Lipinski definition) is 1. The molecule has 0 saturated carbocycles. The number of aryl methyl sites for hydroxylation is 1. The Morgan fingerprint density at radius 1 is 1.14 bits per heavy atom. The first-order chi connectivity index (χ1) is 13.3. The molecule has 1 atom stereocenters. The molecule has 146 valence electrons. The van der Waals surface area contributed by atoms with Crippen molar-refractivity contribution in [2.45, 2.75) is 19.1 Å². The summed E-state index contributed by atoms with van der Waals surface area (Å²) in [5.74, 6) is -1.54. The quantitative estimate of drug-likeness (QED) is 0.626. The summed E-state index contributed by atoms with van der Waals surface area (Å²) in [4.78, 5) is 12.3. The van der Waals surface area contributed by atoms with Crippen LogP contribution >= 0.6 is 11.8 Å². The lowest BCUT2D eigenvalue weighted by atomic mass is 10.1. The molecule has 0 bridgehead atoms. The van der Waals surface area contributed by atoms with Crippen molar-refractivity contribution in [3.63, 3.8) is 0 Å². The van der Waals surface area contributed by atoms with Crippen molar-refractivity contribution in [2.75, 3.05) is 11.1 Å². The van der Waals surface area contributed by atoms with Crippen molar-refractivity contribution in [1.82, 2.24) is 9.78 Å². The van der Waals surface area contributed by atoms with Crippen LogP contribution in [-0.4, -0.2) is 21.4 Å². The number of aromatic nitrogens is 2. The molecule has 0 radical (unpaired) electrons. The van der Waals surface area contributed by atoms with Crippen molar-refractivity contribution >= 4 is 23.5 Å². The Morgan fingerprint density at radius 2 is 1.79 bits per heavy atom. The van der Waals surface area contributed by atoms with Crippen molar-refractivity contribution < 1.29 is 18.0 Å². The van der Waals surface area contributed by atoms with E-state index >= 15 is 0 Å². The second kappa shape index (κ2) is 8.52. The van der Waals surface area contributed by atoms with Crippen LogP contribution in [0.3, 0.4) is 0 Å². The zero-order valence-electron chi connectivity index (χ0n) is 15.2. The average Bonchev–Trinajstić information content (AvgIpc) is 3.00. The molecule has 4 nitrogen and oxygen atoms in total. The predicted octanol–water partition coefficient (Wildman–Crippen LogP) is 5.03. The highest BCUT2D eigenvalue weighted by molar-refractivity contribution is 8.00. The van der Waals surface area contributed by atoms with Crippen LogP contribution in [0, 0.1) is 24.4 Å². The van der Waals surface area contributed by atoms with Gasteiger partial charge in [0.1, 0.15) is 23.3 Å². The normalized spacial score (nSPS) is 12.0. The SMILES string of the molecule is Cc1cc(NC(=O)CSC(C)c2c(F)cccc2F)n(-c2ccc(F)cc2)n1. The van der Waals surface area contributed by atoms with Crippen LogP contribution in [0.2, 0.25) is 0 Å². The lowest BCUT2D eigenvalue weighted by Gasteiger charge is -2.14. The minimum absolute atomic E-state index is 0.00257. The zero-order valence-corrected chi connectivity index (χ0v) is 16.1. The van der Waals surface area contributed by atoms with Crippen LogP contribution in [0.4, 0.5) is 19.0 Å². The van der Waals surface area contributed by atoms with Gasteiger partial charge in [0.15, 0.2) is 0 Å². The van der Waals surface area contributed by atoms with Crippen LogP contribution in [0.5, 0.6) is 0 Å². The first-order valence-corrected chi connectivity index (χ1v) is 9.58. The molecule has 1 N–H and O–H groups in total. The van der Waals surface area contributed by atoms with E-state index in [1.54, 1.807) is 32.0 Å². The molecule has 1 aromatic heterocycles. The first kappa shape index (κ1) is 20.0. The fraction of sp³-hybridized carbons (Fsp3) is 0.200. The number of halogens is 3. The highest BCUT2D eigenvalue weighted by Gasteiger charge is 2.18. The molecule has 1 heterocycles. The van der Waals surface area contributed by atoms with Crippen LogP contribution in [0.15, 0.2) is 48.5 Å². The standard InChI is InChI=1S/C20H18F3N3OS/c1-12-10-18(26(25-12)15-8-6-14(21)7-9-15)24-19(27)11-28-13(2)20-16(22)4-3-5-17(20)23/h3-10,13H,11H2,1-2H3,(H,24,27). The summed E-state index contributed by atoms with van der Waals surface area (Å²) in [6.07, 6.45) is 0. The Kier molecular flexibility index (Phi) is 6.08. The Bertz CT molecular complexity index is 969. The summed E-state index contributed by atoms with van der Waals surface area (Å²) in [7, 11) is 0. The summed E-state index contributed by atoms with van der Waals surface area (Å²) < 4.78 is 42.3. The molecule has 0 aliphatic heterocycles. The van der Waals surface area contributed by atoms with E-state index in [2.05, 4.69) is 10.4 Å². The van der Waals surface area contributed by atoms with Gasteiger partial charge in [-0.05, 0) is 50.2 Å². The number of anilines is 1. The van der Waals surface area contributed by atoms with Gasteiger partial charge < -0.3 is 5.32 Å². The first-order valence-electron chi connectivity index (χ1n) is 8.53. The van der Waals surface area contributed by atoms with Gasteiger partial charge in [0.25, 0.3) is 0 Å². The van der Waals surface area contributed by atoms with Gasteiger partial charge in [0.05, 0.1) is 17.1 Å². The highest BCUT2D eigenvalue weighted by Crippen LogP contribution is 2.32. The number of amides is 1. The van der Waals surface area contributed by atoms with E-state index in [4.69, 9.17) is 0 Å². The summed E-state index contributed by atoms with van der Waals surface area (Å²) in [5, 5.41) is 6.51. The lowest BCUT2D eigenvalue weighted by molar-refractivity contribution is -0.113. The van der Waals surface area contributed by atoms with Crippen LogP contribution in [0.25, 0.3) is 5.69 Å². The van der Waals surface area contributed by atoms with Crippen molar-refractivity contribution in [3.05, 3.63) is 77.2 Å². The number of hydrogen-bond acceptors (Lipinski definition) is 3. The smallest absolute Gasteiger partial charge is 0.235 e. The predicted molar refractivity (Wildman–Crippen MR) is 104 cm³/mol. The van der Waals surface area contributed by atoms with Crippen LogP contribution in [0.1, 0.15) is 23.4 Å². The molecule has 3 aromatic rings. The molecule has 28 heavy (non-hydrogen) atoms. The van der Waals surface area contributed by atoms with Gasteiger partial charge in [0, 0.05) is 16.9 Å². The molecular weight excluding hydrogens is 387 g/mol. The monoisotopic (exact) mass is 405 g/mol. The fourth-order valence-electron chi connectivity index (χ4n) is 2.73. The van der Waals surface area contributed by atoms with Gasteiger partial charge >= 0.3 is 0 Å². The van der Waals surface area contributed by atoms with Gasteiger partial charge in [-0.3, -0.25) is 4.79 Å². The number of rotatable bonds is 6. The Morgan fingerprint density at radius 3 is 2.43 bits per heavy atom. The van der Waals surface area contributed by atoms with Crippen molar-refractivity contribution in [1.29, 1.82) is 0 Å².